The van der Waals surface area contributed by atoms with Gasteiger partial charge in [0.05, 0.1) is 32.5 Å². The van der Waals surface area contributed by atoms with E-state index in [9.17, 15) is 4.79 Å². The van der Waals surface area contributed by atoms with Crippen LogP contribution in [0.4, 0.5) is 0 Å². The molecule has 8 aromatic carbocycles. The van der Waals surface area contributed by atoms with Crippen LogP contribution < -0.4 is 5.56 Å². The number of benzene rings is 8. The van der Waals surface area contributed by atoms with E-state index >= 15 is 0 Å². The standard InChI is InChI=1S/C52H32N2OS/c1-52(2)42-19-8-5-13-32(42)38-27-40-33-14-6-9-20-44(33)53(46(40)28-43(38)52)47-26-30(25-41-34-15-7-10-21-48(34)56-50(41)47)29-22-23-45-39(24-29)36-18-11-17-35-31-12-3-4-16-37(31)51(55)54(45)49(35)36/h3-28H,1-2H3. The molecule has 12 aromatic rings. The van der Waals surface area contributed by atoms with Gasteiger partial charge in [-0.05, 0) is 93.4 Å². The monoisotopic (exact) mass is 732 g/mol. The van der Waals surface area contributed by atoms with Crippen molar-refractivity contribution in [1.29, 1.82) is 0 Å². The van der Waals surface area contributed by atoms with Crippen LogP contribution in [-0.2, 0) is 5.41 Å². The molecule has 0 fully saturated rings. The van der Waals surface area contributed by atoms with Crippen molar-refractivity contribution < 1.29 is 0 Å². The summed E-state index contributed by atoms with van der Waals surface area (Å²) in [6.07, 6.45) is 0. The summed E-state index contributed by atoms with van der Waals surface area (Å²) in [5, 5.41) is 10.1. The molecule has 0 amide bonds. The van der Waals surface area contributed by atoms with E-state index in [1.165, 1.54) is 69.9 Å². The Bertz CT molecular complexity index is 3760. The second kappa shape index (κ2) is 10.5. The lowest BCUT2D eigenvalue weighted by Crippen LogP contribution is -2.15. The number of aromatic nitrogens is 2. The molecule has 0 aliphatic heterocycles. The van der Waals surface area contributed by atoms with Gasteiger partial charge in [0.25, 0.3) is 5.56 Å². The zero-order valence-electron chi connectivity index (χ0n) is 30.7. The highest BCUT2D eigenvalue weighted by atomic mass is 32.1. The molecule has 0 bridgehead atoms. The number of hydrogen-bond donors (Lipinski definition) is 0. The fraction of sp³-hybridized carbons (Fsp3) is 0.0577. The van der Waals surface area contributed by atoms with Crippen LogP contribution in [0.2, 0.25) is 0 Å². The van der Waals surface area contributed by atoms with Crippen molar-refractivity contribution in [3.63, 3.8) is 0 Å². The first kappa shape index (κ1) is 30.6. The van der Waals surface area contributed by atoms with Crippen molar-refractivity contribution in [1.82, 2.24) is 8.97 Å². The van der Waals surface area contributed by atoms with E-state index in [0.29, 0.717) is 0 Å². The Hall–Kier alpha value is -6.75. The second-order valence-corrected chi connectivity index (χ2v) is 17.1. The number of rotatable bonds is 2. The van der Waals surface area contributed by atoms with E-state index in [2.05, 4.69) is 158 Å². The lowest BCUT2D eigenvalue weighted by molar-refractivity contribution is 0.661. The molecule has 3 nitrogen and oxygen atoms in total. The Morgan fingerprint density at radius 3 is 2.02 bits per heavy atom. The van der Waals surface area contributed by atoms with E-state index in [4.69, 9.17) is 0 Å². The van der Waals surface area contributed by atoms with Gasteiger partial charge in [-0.3, -0.25) is 9.20 Å². The molecular weight excluding hydrogens is 701 g/mol. The highest BCUT2D eigenvalue weighted by Crippen LogP contribution is 2.52. The summed E-state index contributed by atoms with van der Waals surface area (Å²) in [6, 6.07) is 57.4. The first-order chi connectivity index (χ1) is 27.5. The van der Waals surface area contributed by atoms with Gasteiger partial charge >= 0.3 is 0 Å². The smallest absolute Gasteiger partial charge is 0.263 e. The number of fused-ring (bicyclic) bond motifs is 14. The molecule has 13 rings (SSSR count). The van der Waals surface area contributed by atoms with Gasteiger partial charge in [0.15, 0.2) is 0 Å². The van der Waals surface area contributed by atoms with Gasteiger partial charge in [0, 0.05) is 53.2 Å². The first-order valence-electron chi connectivity index (χ1n) is 19.3. The van der Waals surface area contributed by atoms with Crippen LogP contribution in [0, 0.1) is 0 Å². The zero-order chi connectivity index (χ0) is 37.0. The van der Waals surface area contributed by atoms with Crippen LogP contribution in [0.5, 0.6) is 0 Å². The third-order valence-corrected chi connectivity index (χ3v) is 14.1. The third kappa shape index (κ3) is 3.75. The molecule has 262 valence electrons. The fourth-order valence-electron chi connectivity index (χ4n) is 10.3. The summed E-state index contributed by atoms with van der Waals surface area (Å²) in [5.41, 5.74) is 13.2. The third-order valence-electron chi connectivity index (χ3n) is 12.8. The van der Waals surface area contributed by atoms with Gasteiger partial charge in [-0.15, -0.1) is 11.3 Å². The molecule has 56 heavy (non-hydrogen) atoms. The molecule has 0 saturated carbocycles. The maximum absolute atomic E-state index is 14.1. The molecule has 4 heteroatoms. The number of nitrogens with zero attached hydrogens (tertiary/aromatic N) is 2. The van der Waals surface area contributed by atoms with E-state index in [1.54, 1.807) is 0 Å². The molecule has 4 aromatic heterocycles. The van der Waals surface area contributed by atoms with Gasteiger partial charge in [0.1, 0.15) is 0 Å². The summed E-state index contributed by atoms with van der Waals surface area (Å²) in [5.74, 6) is 0. The van der Waals surface area contributed by atoms with E-state index in [1.807, 2.05) is 33.9 Å². The summed E-state index contributed by atoms with van der Waals surface area (Å²) in [4.78, 5) is 14.1. The van der Waals surface area contributed by atoms with Crippen LogP contribution in [0.1, 0.15) is 25.0 Å². The SMILES string of the molecule is CC1(C)c2ccccc2-c2cc3c4ccccc4n(-c4cc(-c5ccc6c(c5)c5cccc7c8ccccc8c(=O)n6c75)cc5c4sc4ccccc45)c3cc21. The molecule has 0 radical (unpaired) electrons. The maximum Gasteiger partial charge on any atom is 0.263 e. The number of pyridine rings is 1. The topological polar surface area (TPSA) is 26.4 Å². The van der Waals surface area contributed by atoms with Crippen molar-refractivity contribution >= 4 is 91.3 Å². The zero-order valence-corrected chi connectivity index (χ0v) is 31.5. The van der Waals surface area contributed by atoms with Crippen LogP contribution in [0.15, 0.2) is 163 Å². The molecule has 0 N–H and O–H groups in total. The molecule has 0 spiro atoms. The average molecular weight is 733 g/mol. The van der Waals surface area contributed by atoms with Gasteiger partial charge in [-0.1, -0.05) is 117 Å². The van der Waals surface area contributed by atoms with Gasteiger partial charge in [0.2, 0.25) is 0 Å². The fourth-order valence-corrected chi connectivity index (χ4v) is 11.5. The largest absolute Gasteiger partial charge is 0.308 e. The van der Waals surface area contributed by atoms with Crippen LogP contribution in [0.25, 0.3) is 108 Å². The molecule has 0 saturated heterocycles. The first-order valence-corrected chi connectivity index (χ1v) is 20.1. The Balaban J connectivity index is 1.13. The molecule has 1 aliphatic carbocycles. The normalized spacial score (nSPS) is 13.8. The quantitative estimate of drug-likeness (QED) is 0.163. The summed E-state index contributed by atoms with van der Waals surface area (Å²) >= 11 is 1.87. The van der Waals surface area contributed by atoms with Crippen LogP contribution in [0.3, 0.4) is 0 Å². The van der Waals surface area contributed by atoms with Crippen molar-refractivity contribution in [2.45, 2.75) is 19.3 Å². The molecule has 4 heterocycles. The van der Waals surface area contributed by atoms with Crippen molar-refractivity contribution in [2.24, 2.45) is 0 Å². The van der Waals surface area contributed by atoms with E-state index in [0.717, 1.165) is 49.1 Å². The predicted octanol–water partition coefficient (Wildman–Crippen LogP) is 13.6. The molecule has 0 unspecified atom stereocenters. The Labute approximate surface area is 325 Å². The number of thiophene rings is 1. The Kier molecular flexibility index (Phi) is 5.73. The van der Waals surface area contributed by atoms with Crippen LogP contribution >= 0.6 is 11.3 Å². The minimum atomic E-state index is -0.116. The highest BCUT2D eigenvalue weighted by molar-refractivity contribution is 7.26. The summed E-state index contributed by atoms with van der Waals surface area (Å²) in [6.45, 7) is 4.73. The van der Waals surface area contributed by atoms with Crippen molar-refractivity contribution in [2.75, 3.05) is 0 Å². The van der Waals surface area contributed by atoms with Crippen LogP contribution in [-0.4, -0.2) is 8.97 Å². The lowest BCUT2D eigenvalue weighted by Gasteiger charge is -2.21. The summed E-state index contributed by atoms with van der Waals surface area (Å²) in [7, 11) is 0. The maximum atomic E-state index is 14.1. The predicted molar refractivity (Wildman–Crippen MR) is 238 cm³/mol. The van der Waals surface area contributed by atoms with Gasteiger partial charge in [-0.25, -0.2) is 0 Å². The van der Waals surface area contributed by atoms with E-state index in [-0.39, 0.29) is 11.0 Å². The molecular formula is C52H32N2OS. The van der Waals surface area contributed by atoms with E-state index < -0.39 is 0 Å². The Morgan fingerprint density at radius 2 is 1.14 bits per heavy atom. The molecule has 0 atom stereocenters. The number of hydrogen-bond acceptors (Lipinski definition) is 2. The van der Waals surface area contributed by atoms with Crippen molar-refractivity contribution in [3.8, 4) is 27.9 Å². The second-order valence-electron chi connectivity index (χ2n) is 16.0. The summed E-state index contributed by atoms with van der Waals surface area (Å²) < 4.78 is 7.02. The van der Waals surface area contributed by atoms with Gasteiger partial charge < -0.3 is 4.57 Å². The average Bonchev–Trinajstić information content (AvgIpc) is 3.95. The lowest BCUT2D eigenvalue weighted by atomic mass is 9.82. The van der Waals surface area contributed by atoms with Crippen molar-refractivity contribution in [3.05, 3.63) is 179 Å². The number of para-hydroxylation sites is 2. The minimum Gasteiger partial charge on any atom is -0.308 e. The Morgan fingerprint density at radius 1 is 0.464 bits per heavy atom. The highest BCUT2D eigenvalue weighted by Gasteiger charge is 2.36. The minimum absolute atomic E-state index is 0.0321. The molecule has 1 aliphatic rings. The van der Waals surface area contributed by atoms with Gasteiger partial charge in [-0.2, -0.15) is 0 Å².